The van der Waals surface area contributed by atoms with E-state index in [4.69, 9.17) is 16.3 Å². The van der Waals surface area contributed by atoms with Gasteiger partial charge in [-0.3, -0.25) is 0 Å². The van der Waals surface area contributed by atoms with Gasteiger partial charge in [0.25, 0.3) is 4.51 Å². The van der Waals surface area contributed by atoms with Gasteiger partial charge < -0.3 is 4.74 Å². The zero-order chi connectivity index (χ0) is 12.9. The fourth-order valence-corrected chi connectivity index (χ4v) is 5.86. The van der Waals surface area contributed by atoms with Crippen LogP contribution in [0.5, 0.6) is 5.88 Å². The number of aromatic nitrogens is 1. The van der Waals surface area contributed by atoms with Crippen LogP contribution in [-0.4, -0.2) is 17.6 Å². The molecule has 0 saturated carbocycles. The van der Waals surface area contributed by atoms with E-state index in [2.05, 4.69) is 44.0 Å². The van der Waals surface area contributed by atoms with Crippen LogP contribution in [-0.2, 0) is 0 Å². The van der Waals surface area contributed by atoms with Crippen LogP contribution in [0, 0.1) is 0 Å². The Kier molecular flexibility index (Phi) is 5.56. The van der Waals surface area contributed by atoms with Gasteiger partial charge in [0.1, 0.15) is 0 Å². The van der Waals surface area contributed by atoms with Crippen molar-refractivity contribution >= 4 is 41.6 Å². The Morgan fingerprint density at radius 1 is 1.29 bits per heavy atom. The Balaban J connectivity index is 2.96. The highest BCUT2D eigenvalue weighted by atomic mass is 35.5. The van der Waals surface area contributed by atoms with Gasteiger partial charge in [0.15, 0.2) is 0 Å². The number of thiocarbonyl (C=S) groups is 1. The van der Waals surface area contributed by atoms with Crippen molar-refractivity contribution in [3.8, 4) is 5.88 Å². The molecule has 2 nitrogen and oxygen atoms in total. The summed E-state index contributed by atoms with van der Waals surface area (Å²) in [4.78, 5) is 4.27. The van der Waals surface area contributed by atoms with E-state index in [0.29, 0.717) is 5.88 Å². The molecule has 0 amide bonds. The molecule has 0 saturated heterocycles. The van der Waals surface area contributed by atoms with Crippen LogP contribution in [0.25, 0.3) is 0 Å². The first-order chi connectivity index (χ1) is 8.07. The van der Waals surface area contributed by atoms with Crippen LogP contribution in [0.4, 0.5) is 0 Å². The van der Waals surface area contributed by atoms with Crippen LogP contribution < -0.4 is 9.92 Å². The van der Waals surface area contributed by atoms with Crippen molar-refractivity contribution in [3.63, 3.8) is 0 Å². The van der Waals surface area contributed by atoms with Crippen molar-refractivity contribution in [3.05, 3.63) is 18.3 Å². The number of halogens is 1. The molecule has 17 heavy (non-hydrogen) atoms. The summed E-state index contributed by atoms with van der Waals surface area (Å²) in [6.45, 7) is 6.83. The zero-order valence-electron chi connectivity index (χ0n) is 10.5. The number of hydrogen-bond donors (Lipinski definition) is 0. The molecule has 0 bridgehead atoms. The number of hydrogen-bond acceptors (Lipinski definition) is 3. The quantitative estimate of drug-likeness (QED) is 0.468. The highest BCUT2D eigenvalue weighted by Crippen LogP contribution is 2.20. The highest BCUT2D eigenvalue weighted by Gasteiger charge is 2.29. The maximum atomic E-state index is 5.50. The van der Waals surface area contributed by atoms with Crippen LogP contribution in [0.2, 0.25) is 18.1 Å². The average molecular weight is 288 g/mol. The SMILES string of the molecule is CC[Si](CC)(CC)c1ccc(OC(=S)Cl)nc1. The fourth-order valence-electron chi connectivity index (χ4n) is 2.20. The van der Waals surface area contributed by atoms with Gasteiger partial charge in [-0.05, 0) is 29.0 Å². The minimum Gasteiger partial charge on any atom is -0.417 e. The molecule has 1 rings (SSSR count). The second-order valence-corrected chi connectivity index (χ2v) is 10.3. The second-order valence-electron chi connectivity index (χ2n) is 4.07. The Labute approximate surface area is 114 Å². The molecule has 0 aromatic carbocycles. The summed E-state index contributed by atoms with van der Waals surface area (Å²) in [5, 5.41) is 1.39. The largest absolute Gasteiger partial charge is 0.417 e. The van der Waals surface area contributed by atoms with Gasteiger partial charge in [-0.25, -0.2) is 4.98 Å². The van der Waals surface area contributed by atoms with Gasteiger partial charge in [-0.2, -0.15) is 0 Å². The van der Waals surface area contributed by atoms with Gasteiger partial charge in [0.2, 0.25) is 5.88 Å². The van der Waals surface area contributed by atoms with Crippen molar-refractivity contribution in [2.45, 2.75) is 38.9 Å². The topological polar surface area (TPSA) is 22.1 Å². The summed E-state index contributed by atoms with van der Waals surface area (Å²) >= 11 is 10.2. The molecular formula is C12H18ClNOSSi. The second kappa shape index (κ2) is 6.47. The maximum absolute atomic E-state index is 5.50. The van der Waals surface area contributed by atoms with E-state index in [-0.39, 0.29) is 4.51 Å². The number of rotatable bonds is 5. The lowest BCUT2D eigenvalue weighted by molar-refractivity contribution is 0.552. The van der Waals surface area contributed by atoms with E-state index in [1.807, 2.05) is 12.3 Å². The molecule has 1 aromatic rings. The molecule has 0 spiro atoms. The van der Waals surface area contributed by atoms with E-state index < -0.39 is 8.07 Å². The third-order valence-corrected chi connectivity index (χ3v) is 9.31. The molecular weight excluding hydrogens is 270 g/mol. The van der Waals surface area contributed by atoms with Crippen molar-refractivity contribution in [1.82, 2.24) is 4.98 Å². The molecule has 5 heteroatoms. The van der Waals surface area contributed by atoms with Gasteiger partial charge in [0, 0.05) is 12.3 Å². The van der Waals surface area contributed by atoms with Crippen LogP contribution in [0.3, 0.4) is 0 Å². The monoisotopic (exact) mass is 287 g/mol. The van der Waals surface area contributed by atoms with Gasteiger partial charge >= 0.3 is 0 Å². The van der Waals surface area contributed by atoms with Crippen LogP contribution >= 0.6 is 23.8 Å². The molecule has 0 fully saturated rings. The minimum absolute atomic E-state index is 0.0183. The average Bonchev–Trinajstić information content (AvgIpc) is 2.33. The standard InChI is InChI=1S/C12H18ClNOSSi/c1-4-17(5-2,6-3)10-7-8-11(14-9-10)15-12(13)16/h7-9H,4-6H2,1-3H3. The molecule has 94 valence electrons. The third kappa shape index (κ3) is 3.50. The number of pyridine rings is 1. The van der Waals surface area contributed by atoms with Crippen molar-refractivity contribution in [2.24, 2.45) is 0 Å². The third-order valence-electron chi connectivity index (χ3n) is 3.56. The van der Waals surface area contributed by atoms with E-state index in [1.165, 1.54) is 23.3 Å². The normalized spacial score (nSPS) is 11.3. The summed E-state index contributed by atoms with van der Waals surface area (Å²) in [5.41, 5.74) is 0. The molecule has 0 atom stereocenters. The molecule has 0 aliphatic rings. The molecule has 1 heterocycles. The highest BCUT2D eigenvalue weighted by molar-refractivity contribution is 7.82. The van der Waals surface area contributed by atoms with Crippen LogP contribution in [0.15, 0.2) is 18.3 Å². The summed E-state index contributed by atoms with van der Waals surface area (Å²) in [5.74, 6) is 0.472. The lowest BCUT2D eigenvalue weighted by atomic mass is 10.5. The van der Waals surface area contributed by atoms with Crippen molar-refractivity contribution < 1.29 is 4.74 Å². The Hall–Kier alpha value is -0.453. The first kappa shape index (κ1) is 14.6. The van der Waals surface area contributed by atoms with Crippen molar-refractivity contribution in [1.29, 1.82) is 0 Å². The molecule has 0 aliphatic carbocycles. The Morgan fingerprint density at radius 3 is 2.24 bits per heavy atom. The predicted octanol–water partition coefficient (Wildman–Crippen LogP) is 3.70. The van der Waals surface area contributed by atoms with Gasteiger partial charge in [-0.1, -0.05) is 45.0 Å². The predicted molar refractivity (Wildman–Crippen MR) is 80.1 cm³/mol. The zero-order valence-corrected chi connectivity index (χ0v) is 13.1. The summed E-state index contributed by atoms with van der Waals surface area (Å²) in [6.07, 6.45) is 1.92. The van der Waals surface area contributed by atoms with E-state index in [9.17, 15) is 0 Å². The minimum atomic E-state index is -1.34. The van der Waals surface area contributed by atoms with Crippen molar-refractivity contribution in [2.75, 3.05) is 0 Å². The number of ether oxygens (including phenoxy) is 1. The lowest BCUT2D eigenvalue weighted by Crippen LogP contribution is -2.45. The first-order valence-corrected chi connectivity index (χ1v) is 9.32. The van der Waals surface area contributed by atoms with E-state index in [0.717, 1.165) is 0 Å². The smallest absolute Gasteiger partial charge is 0.262 e. The van der Waals surface area contributed by atoms with Crippen LogP contribution in [0.1, 0.15) is 20.8 Å². The van der Waals surface area contributed by atoms with E-state index in [1.54, 1.807) is 0 Å². The number of nitrogens with zero attached hydrogens (tertiary/aromatic N) is 1. The Bertz CT molecular complexity index is 370. The molecule has 0 aliphatic heterocycles. The molecule has 0 N–H and O–H groups in total. The van der Waals surface area contributed by atoms with Gasteiger partial charge in [0.05, 0.1) is 8.07 Å². The molecule has 0 radical (unpaired) electrons. The fraction of sp³-hybridized carbons (Fsp3) is 0.500. The summed E-state index contributed by atoms with van der Waals surface area (Å²) in [6, 6.07) is 7.70. The molecule has 0 unspecified atom stereocenters. The van der Waals surface area contributed by atoms with Gasteiger partial charge in [-0.15, -0.1) is 0 Å². The Morgan fingerprint density at radius 2 is 1.88 bits per heavy atom. The summed E-state index contributed by atoms with van der Waals surface area (Å²) < 4.78 is 5.07. The first-order valence-electron chi connectivity index (χ1n) is 5.91. The maximum Gasteiger partial charge on any atom is 0.262 e. The summed E-state index contributed by atoms with van der Waals surface area (Å²) in [7, 11) is -1.34. The molecule has 1 aromatic heterocycles. The van der Waals surface area contributed by atoms with E-state index >= 15 is 0 Å². The lowest BCUT2D eigenvalue weighted by Gasteiger charge is -2.28.